The van der Waals surface area contributed by atoms with Crippen LogP contribution < -0.4 is 4.74 Å². The summed E-state index contributed by atoms with van der Waals surface area (Å²) in [5, 5.41) is 3.75. The van der Waals surface area contributed by atoms with Crippen molar-refractivity contribution in [3.63, 3.8) is 0 Å². The number of alkyl halides is 3. The first-order valence-corrected chi connectivity index (χ1v) is 9.15. The molecule has 9 heteroatoms. The Morgan fingerprint density at radius 1 is 1.00 bits per heavy atom. The molecule has 154 valence electrons. The van der Waals surface area contributed by atoms with Gasteiger partial charge in [-0.2, -0.15) is 23.1 Å². The number of halogens is 3. The lowest BCUT2D eigenvalue weighted by molar-refractivity contribution is -0.137. The van der Waals surface area contributed by atoms with E-state index in [0.29, 0.717) is 11.7 Å². The van der Waals surface area contributed by atoms with Crippen LogP contribution in [0.15, 0.2) is 34.9 Å². The van der Waals surface area contributed by atoms with Gasteiger partial charge in [-0.1, -0.05) is 45.0 Å². The van der Waals surface area contributed by atoms with Crippen molar-refractivity contribution in [2.75, 3.05) is 0 Å². The number of rotatable bonds is 6. The Kier molecular flexibility index (Phi) is 5.86. The molecule has 0 aliphatic heterocycles. The van der Waals surface area contributed by atoms with Gasteiger partial charge in [-0.25, -0.2) is 4.98 Å². The molecular weight excluding hydrogens is 385 g/mol. The largest absolute Gasteiger partial charge is 0.467 e. The van der Waals surface area contributed by atoms with Crippen LogP contribution in [0.5, 0.6) is 5.88 Å². The number of nitrogens with zero attached hydrogens (tertiary/aromatic N) is 4. The minimum Gasteiger partial charge on any atom is -0.467 e. The van der Waals surface area contributed by atoms with E-state index < -0.39 is 11.7 Å². The van der Waals surface area contributed by atoms with Crippen molar-refractivity contribution in [1.82, 2.24) is 20.1 Å². The molecule has 2 heterocycles. The summed E-state index contributed by atoms with van der Waals surface area (Å²) in [6, 6.07) is 6.50. The highest BCUT2D eigenvalue weighted by Crippen LogP contribution is 2.31. The third-order valence-corrected chi connectivity index (χ3v) is 4.11. The molecule has 0 saturated carbocycles. The first-order chi connectivity index (χ1) is 13.6. The predicted molar refractivity (Wildman–Crippen MR) is 99.3 cm³/mol. The van der Waals surface area contributed by atoms with E-state index in [1.165, 1.54) is 12.1 Å². The number of ether oxygens (including phenoxy) is 1. The monoisotopic (exact) mass is 406 g/mol. The number of hydrogen-bond donors (Lipinski definition) is 0. The SMILES string of the molecule is CC(C)c1cc(OCc2nc(-c3cccc(C(F)(F)F)c3)no2)nc(C(C)C)n1. The molecule has 0 amide bonds. The van der Waals surface area contributed by atoms with Crippen LogP contribution in [0.25, 0.3) is 11.4 Å². The van der Waals surface area contributed by atoms with Gasteiger partial charge in [0.2, 0.25) is 11.7 Å². The zero-order chi connectivity index (χ0) is 21.2. The van der Waals surface area contributed by atoms with Gasteiger partial charge in [0.05, 0.1) is 11.3 Å². The molecule has 0 N–H and O–H groups in total. The molecule has 6 nitrogen and oxygen atoms in total. The van der Waals surface area contributed by atoms with Gasteiger partial charge in [0.25, 0.3) is 5.89 Å². The van der Waals surface area contributed by atoms with E-state index in [-0.39, 0.29) is 35.7 Å². The lowest BCUT2D eigenvalue weighted by Crippen LogP contribution is -2.06. The van der Waals surface area contributed by atoms with Crippen LogP contribution in [0.3, 0.4) is 0 Å². The van der Waals surface area contributed by atoms with E-state index in [9.17, 15) is 13.2 Å². The third kappa shape index (κ3) is 5.10. The van der Waals surface area contributed by atoms with E-state index in [2.05, 4.69) is 20.1 Å². The Bertz CT molecular complexity index is 958. The van der Waals surface area contributed by atoms with Gasteiger partial charge in [-0.3, -0.25) is 0 Å². The average Bonchev–Trinajstić information content (AvgIpc) is 3.14. The van der Waals surface area contributed by atoms with Gasteiger partial charge in [-0.15, -0.1) is 0 Å². The Labute approximate surface area is 166 Å². The fraction of sp³-hybridized carbons (Fsp3) is 0.400. The minimum atomic E-state index is -4.44. The molecule has 0 fully saturated rings. The molecule has 0 aliphatic carbocycles. The Hall–Kier alpha value is -2.97. The van der Waals surface area contributed by atoms with Gasteiger partial charge in [0, 0.05) is 17.5 Å². The first-order valence-electron chi connectivity index (χ1n) is 9.15. The van der Waals surface area contributed by atoms with Crippen molar-refractivity contribution in [3.8, 4) is 17.3 Å². The summed E-state index contributed by atoms with van der Waals surface area (Å²) in [6.45, 7) is 7.97. The Morgan fingerprint density at radius 3 is 2.41 bits per heavy atom. The lowest BCUT2D eigenvalue weighted by Gasteiger charge is -2.12. The molecule has 3 aromatic rings. The Morgan fingerprint density at radius 2 is 1.76 bits per heavy atom. The molecule has 0 aliphatic rings. The maximum atomic E-state index is 12.9. The maximum Gasteiger partial charge on any atom is 0.416 e. The fourth-order valence-corrected chi connectivity index (χ4v) is 2.49. The molecule has 0 radical (unpaired) electrons. The smallest absolute Gasteiger partial charge is 0.416 e. The third-order valence-electron chi connectivity index (χ3n) is 4.11. The number of benzene rings is 1. The normalized spacial score (nSPS) is 12.0. The molecule has 0 bridgehead atoms. The quantitative estimate of drug-likeness (QED) is 0.548. The number of hydrogen-bond acceptors (Lipinski definition) is 6. The van der Waals surface area contributed by atoms with Gasteiger partial charge >= 0.3 is 6.18 Å². The standard InChI is InChI=1S/C20H21F3N4O2/c1-11(2)15-9-16(25-18(24-15)12(3)4)28-10-17-26-19(27-29-17)13-6-5-7-14(8-13)20(21,22)23/h5-9,11-12H,10H2,1-4H3. The van der Waals surface area contributed by atoms with Gasteiger partial charge < -0.3 is 9.26 Å². The van der Waals surface area contributed by atoms with Crippen molar-refractivity contribution in [1.29, 1.82) is 0 Å². The highest BCUT2D eigenvalue weighted by atomic mass is 19.4. The predicted octanol–water partition coefficient (Wildman–Crippen LogP) is 5.37. The van der Waals surface area contributed by atoms with Crippen LogP contribution >= 0.6 is 0 Å². The summed E-state index contributed by atoms with van der Waals surface area (Å²) >= 11 is 0. The molecular formula is C20H21F3N4O2. The van der Waals surface area contributed by atoms with Crippen LogP contribution in [0.2, 0.25) is 0 Å². The van der Waals surface area contributed by atoms with E-state index in [0.717, 1.165) is 17.8 Å². The van der Waals surface area contributed by atoms with Crippen LogP contribution in [0, 0.1) is 0 Å². The van der Waals surface area contributed by atoms with E-state index in [4.69, 9.17) is 9.26 Å². The highest BCUT2D eigenvalue weighted by Gasteiger charge is 2.30. The summed E-state index contributed by atoms with van der Waals surface area (Å²) in [6.07, 6.45) is -4.44. The van der Waals surface area contributed by atoms with Crippen molar-refractivity contribution in [2.45, 2.75) is 52.3 Å². The summed E-state index contributed by atoms with van der Waals surface area (Å²) in [5.74, 6) is 1.57. The summed E-state index contributed by atoms with van der Waals surface area (Å²) in [7, 11) is 0. The van der Waals surface area contributed by atoms with Crippen molar-refractivity contribution >= 4 is 0 Å². The molecule has 1 aromatic carbocycles. The van der Waals surface area contributed by atoms with Crippen molar-refractivity contribution < 1.29 is 22.4 Å². The van der Waals surface area contributed by atoms with E-state index >= 15 is 0 Å². The lowest BCUT2D eigenvalue weighted by atomic mass is 10.1. The van der Waals surface area contributed by atoms with E-state index in [1.54, 1.807) is 6.07 Å². The van der Waals surface area contributed by atoms with Crippen molar-refractivity contribution in [3.05, 3.63) is 53.3 Å². The van der Waals surface area contributed by atoms with Crippen LogP contribution in [-0.2, 0) is 12.8 Å². The van der Waals surface area contributed by atoms with Gasteiger partial charge in [0.15, 0.2) is 6.61 Å². The van der Waals surface area contributed by atoms with Gasteiger partial charge in [0.1, 0.15) is 5.82 Å². The second-order valence-electron chi connectivity index (χ2n) is 7.18. The first kappa shape index (κ1) is 20.8. The minimum absolute atomic E-state index is 0.0575. The average molecular weight is 406 g/mol. The van der Waals surface area contributed by atoms with Crippen LogP contribution in [0.1, 0.15) is 62.5 Å². The second kappa shape index (κ2) is 8.18. The molecule has 0 spiro atoms. The summed E-state index contributed by atoms with van der Waals surface area (Å²) < 4.78 is 49.4. The maximum absolute atomic E-state index is 12.9. The summed E-state index contributed by atoms with van der Waals surface area (Å²) in [5.41, 5.74) is 0.288. The molecule has 29 heavy (non-hydrogen) atoms. The van der Waals surface area contributed by atoms with E-state index in [1.807, 2.05) is 27.7 Å². The summed E-state index contributed by atoms with van der Waals surface area (Å²) in [4.78, 5) is 13.0. The van der Waals surface area contributed by atoms with Crippen molar-refractivity contribution in [2.24, 2.45) is 0 Å². The second-order valence-corrected chi connectivity index (χ2v) is 7.18. The van der Waals surface area contributed by atoms with Crippen LogP contribution in [-0.4, -0.2) is 20.1 Å². The topological polar surface area (TPSA) is 73.9 Å². The molecule has 2 aromatic heterocycles. The van der Waals surface area contributed by atoms with Crippen LogP contribution in [0.4, 0.5) is 13.2 Å². The zero-order valence-corrected chi connectivity index (χ0v) is 16.5. The zero-order valence-electron chi connectivity index (χ0n) is 16.5. The molecule has 0 unspecified atom stereocenters. The highest BCUT2D eigenvalue weighted by molar-refractivity contribution is 5.55. The molecule has 0 saturated heterocycles. The Balaban J connectivity index is 1.76. The number of aromatic nitrogens is 4. The van der Waals surface area contributed by atoms with Gasteiger partial charge in [-0.05, 0) is 18.1 Å². The fourth-order valence-electron chi connectivity index (χ4n) is 2.49. The molecule has 0 atom stereocenters. The molecule has 3 rings (SSSR count).